The number of amides is 3. The number of nitrogens with zero attached hydrogens (tertiary/aromatic N) is 3. The largest absolute Gasteiger partial charge is 0.341 e. The van der Waals surface area contributed by atoms with Crippen LogP contribution in [0.25, 0.3) is 0 Å². The molecule has 0 radical (unpaired) electrons. The van der Waals surface area contributed by atoms with Gasteiger partial charge in [-0.05, 0) is 40.5 Å². The van der Waals surface area contributed by atoms with Crippen LogP contribution in [0.5, 0.6) is 0 Å². The Morgan fingerprint density at radius 3 is 2.74 bits per heavy atom. The topological polar surface area (TPSA) is 65.5 Å². The van der Waals surface area contributed by atoms with E-state index in [0.29, 0.717) is 19.6 Å². The van der Waals surface area contributed by atoms with Crippen molar-refractivity contribution in [1.82, 2.24) is 20.1 Å². The van der Waals surface area contributed by atoms with E-state index < -0.39 is 0 Å². The molecule has 128 valence electrons. The number of hydrogen-bond acceptors (Lipinski definition) is 4. The van der Waals surface area contributed by atoms with E-state index in [1.54, 1.807) is 21.1 Å². The summed E-state index contributed by atoms with van der Waals surface area (Å²) in [5.74, 6) is 0.0554. The minimum atomic E-state index is -0.334. The molecule has 0 aromatic carbocycles. The Bertz CT molecular complexity index is 556. The third-order valence-corrected chi connectivity index (χ3v) is 5.09. The number of aryl methyl sites for hydroxylation is 1. The lowest BCUT2D eigenvalue weighted by Gasteiger charge is -2.29. The van der Waals surface area contributed by atoms with Crippen LogP contribution in [0.1, 0.15) is 50.4 Å². The number of thiazole rings is 1. The maximum absolute atomic E-state index is 12.6. The summed E-state index contributed by atoms with van der Waals surface area (Å²) < 4.78 is 0. The second kappa shape index (κ2) is 7.77. The van der Waals surface area contributed by atoms with Gasteiger partial charge in [0, 0.05) is 25.0 Å². The maximum atomic E-state index is 12.6. The summed E-state index contributed by atoms with van der Waals surface area (Å²) in [6.07, 6.45) is 1.61. The number of hydrogen-bond donors (Lipinski definition) is 1. The molecule has 6 nitrogen and oxygen atoms in total. The summed E-state index contributed by atoms with van der Waals surface area (Å²) in [5, 5.41) is 5.92. The Balaban J connectivity index is 2.01. The number of likely N-dealkylation sites (N-methyl/N-ethyl adjacent to an activating group) is 1. The molecule has 0 saturated carbocycles. The molecule has 2 heterocycles. The molecule has 1 aromatic heterocycles. The monoisotopic (exact) mass is 338 g/mol. The van der Waals surface area contributed by atoms with Crippen LogP contribution in [0.2, 0.25) is 0 Å². The fourth-order valence-electron chi connectivity index (χ4n) is 2.93. The maximum Gasteiger partial charge on any atom is 0.318 e. The Morgan fingerprint density at radius 2 is 2.17 bits per heavy atom. The van der Waals surface area contributed by atoms with Gasteiger partial charge in [0.25, 0.3) is 0 Å². The van der Waals surface area contributed by atoms with Gasteiger partial charge in [-0.2, -0.15) is 0 Å². The van der Waals surface area contributed by atoms with Gasteiger partial charge in [0.05, 0.1) is 16.7 Å². The van der Waals surface area contributed by atoms with Crippen molar-refractivity contribution in [2.45, 2.75) is 52.6 Å². The number of likely N-dealkylation sites (tertiary alicyclic amines) is 1. The average molecular weight is 338 g/mol. The van der Waals surface area contributed by atoms with E-state index in [9.17, 15) is 9.59 Å². The van der Waals surface area contributed by atoms with Gasteiger partial charge in [0.2, 0.25) is 5.91 Å². The first kappa shape index (κ1) is 17.7. The van der Waals surface area contributed by atoms with Crippen molar-refractivity contribution in [1.29, 1.82) is 0 Å². The average Bonchev–Trinajstić information content (AvgIpc) is 3.16. The van der Waals surface area contributed by atoms with Crippen LogP contribution in [-0.4, -0.2) is 52.4 Å². The van der Waals surface area contributed by atoms with E-state index in [-0.39, 0.29) is 24.0 Å². The van der Waals surface area contributed by atoms with E-state index >= 15 is 0 Å². The highest BCUT2D eigenvalue weighted by Gasteiger charge is 2.36. The molecule has 1 fully saturated rings. The fourth-order valence-corrected chi connectivity index (χ4v) is 3.64. The molecule has 0 spiro atoms. The zero-order chi connectivity index (χ0) is 17.0. The highest BCUT2D eigenvalue weighted by Crippen LogP contribution is 2.21. The molecule has 7 heteroatoms. The number of nitrogens with one attached hydrogen (secondary N) is 1. The van der Waals surface area contributed by atoms with Crippen LogP contribution in [0.3, 0.4) is 0 Å². The molecule has 3 amide bonds. The van der Waals surface area contributed by atoms with Gasteiger partial charge in [-0.15, -0.1) is 11.3 Å². The molecule has 2 rings (SSSR count). The van der Waals surface area contributed by atoms with Crippen molar-refractivity contribution in [2.24, 2.45) is 0 Å². The molecule has 1 aliphatic rings. The molecule has 0 bridgehead atoms. The number of rotatable bonds is 5. The predicted octanol–water partition coefficient (Wildman–Crippen LogP) is 2.55. The van der Waals surface area contributed by atoms with E-state index in [2.05, 4.69) is 10.3 Å². The van der Waals surface area contributed by atoms with Crippen LogP contribution in [0.15, 0.2) is 5.38 Å². The quantitative estimate of drug-likeness (QED) is 0.897. The number of aromatic nitrogens is 1. The molecule has 0 unspecified atom stereocenters. The van der Waals surface area contributed by atoms with Crippen molar-refractivity contribution in [3.8, 4) is 0 Å². The standard InChI is InChI=1S/C16H26N4O2S/c1-5-19(6-2)15(21)14-8-7-9-20(14)16(22)17-11(3)13-10-23-12(4)18-13/h10-11,14H,5-9H2,1-4H3,(H,17,22)/t11-,14-/m0/s1. The van der Waals surface area contributed by atoms with E-state index in [4.69, 9.17) is 0 Å². The third-order valence-electron chi connectivity index (χ3n) is 4.29. The Morgan fingerprint density at radius 1 is 1.48 bits per heavy atom. The molecule has 0 aliphatic carbocycles. The van der Waals surface area contributed by atoms with Crippen LogP contribution in [-0.2, 0) is 4.79 Å². The van der Waals surface area contributed by atoms with Crippen LogP contribution >= 0.6 is 11.3 Å². The minimum absolute atomic E-state index is 0.0554. The Labute approximate surface area is 141 Å². The van der Waals surface area contributed by atoms with Crippen molar-refractivity contribution in [3.63, 3.8) is 0 Å². The number of urea groups is 1. The summed E-state index contributed by atoms with van der Waals surface area (Å²) in [6.45, 7) is 9.78. The minimum Gasteiger partial charge on any atom is -0.341 e. The van der Waals surface area contributed by atoms with Crippen LogP contribution in [0, 0.1) is 6.92 Å². The lowest BCUT2D eigenvalue weighted by molar-refractivity contribution is -0.134. The van der Waals surface area contributed by atoms with E-state index in [1.807, 2.05) is 33.1 Å². The van der Waals surface area contributed by atoms with E-state index in [0.717, 1.165) is 23.5 Å². The van der Waals surface area contributed by atoms with Gasteiger partial charge < -0.3 is 15.1 Å². The second-order valence-corrected chi connectivity index (χ2v) is 6.89. The zero-order valence-corrected chi connectivity index (χ0v) is 15.2. The lowest BCUT2D eigenvalue weighted by Crippen LogP contribution is -2.51. The molecule has 1 N–H and O–H groups in total. The highest BCUT2D eigenvalue weighted by molar-refractivity contribution is 7.09. The fraction of sp³-hybridized carbons (Fsp3) is 0.688. The molecular weight excluding hydrogens is 312 g/mol. The van der Waals surface area contributed by atoms with Crippen molar-refractivity contribution in [2.75, 3.05) is 19.6 Å². The molecule has 23 heavy (non-hydrogen) atoms. The first-order valence-corrected chi connectivity index (χ1v) is 9.13. The SMILES string of the molecule is CCN(CC)C(=O)[C@@H]1CCCN1C(=O)N[C@@H](C)c1csc(C)n1. The highest BCUT2D eigenvalue weighted by atomic mass is 32.1. The zero-order valence-electron chi connectivity index (χ0n) is 14.3. The summed E-state index contributed by atoms with van der Waals surface area (Å²) in [7, 11) is 0. The third kappa shape index (κ3) is 4.02. The van der Waals surface area contributed by atoms with Crippen LogP contribution < -0.4 is 5.32 Å². The summed E-state index contributed by atoms with van der Waals surface area (Å²) in [5.41, 5.74) is 0.867. The van der Waals surface area contributed by atoms with Gasteiger partial charge in [0.1, 0.15) is 6.04 Å². The lowest BCUT2D eigenvalue weighted by atomic mass is 10.2. The predicted molar refractivity (Wildman–Crippen MR) is 91.5 cm³/mol. The molecule has 1 aliphatic heterocycles. The Kier molecular flexibility index (Phi) is 5.98. The van der Waals surface area contributed by atoms with Crippen molar-refractivity contribution in [3.05, 3.63) is 16.1 Å². The van der Waals surface area contributed by atoms with Gasteiger partial charge in [-0.1, -0.05) is 0 Å². The second-order valence-electron chi connectivity index (χ2n) is 5.82. The summed E-state index contributed by atoms with van der Waals surface area (Å²) >= 11 is 1.57. The first-order valence-electron chi connectivity index (χ1n) is 8.25. The smallest absolute Gasteiger partial charge is 0.318 e. The van der Waals surface area contributed by atoms with Crippen molar-refractivity contribution < 1.29 is 9.59 Å². The summed E-state index contributed by atoms with van der Waals surface area (Å²) in [6, 6.07) is -0.664. The molecule has 1 aromatic rings. The van der Waals surface area contributed by atoms with Gasteiger partial charge in [-0.25, -0.2) is 9.78 Å². The number of carbonyl (C=O) groups is 2. The van der Waals surface area contributed by atoms with Gasteiger partial charge >= 0.3 is 6.03 Å². The molecule has 2 atom stereocenters. The molecular formula is C16H26N4O2S. The molecule has 1 saturated heterocycles. The number of carbonyl (C=O) groups excluding carboxylic acids is 2. The van der Waals surface area contributed by atoms with Gasteiger partial charge in [0.15, 0.2) is 0 Å². The first-order chi connectivity index (χ1) is 11.0. The van der Waals surface area contributed by atoms with Crippen molar-refractivity contribution >= 4 is 23.3 Å². The van der Waals surface area contributed by atoms with Gasteiger partial charge in [-0.3, -0.25) is 4.79 Å². The van der Waals surface area contributed by atoms with E-state index in [1.165, 1.54) is 0 Å². The normalized spacial score (nSPS) is 18.8. The van der Waals surface area contributed by atoms with Crippen LogP contribution in [0.4, 0.5) is 4.79 Å². The Hall–Kier alpha value is -1.63. The summed E-state index contributed by atoms with van der Waals surface area (Å²) in [4.78, 5) is 33.0.